The Hall–Kier alpha value is -3.46. The van der Waals surface area contributed by atoms with Gasteiger partial charge in [0.2, 0.25) is 11.2 Å². The van der Waals surface area contributed by atoms with Crippen LogP contribution in [0.4, 0.5) is 16.0 Å². The maximum atomic E-state index is 13.4. The van der Waals surface area contributed by atoms with Gasteiger partial charge in [0, 0.05) is 24.2 Å². The zero-order valence-corrected chi connectivity index (χ0v) is 18.1. The fraction of sp³-hybridized carbons (Fsp3) is 0.273. The number of ether oxygens (including phenoxy) is 1. The van der Waals surface area contributed by atoms with Crippen LogP contribution in [0.3, 0.4) is 0 Å². The van der Waals surface area contributed by atoms with Crippen molar-refractivity contribution in [2.75, 3.05) is 12.4 Å². The molecular formula is C22H21ClFN7O. The second kappa shape index (κ2) is 8.58. The van der Waals surface area contributed by atoms with Crippen molar-refractivity contribution in [1.29, 1.82) is 0 Å². The molecule has 0 radical (unpaired) electrons. The molecule has 2 aromatic heterocycles. The van der Waals surface area contributed by atoms with E-state index in [-0.39, 0.29) is 17.0 Å². The molecule has 1 aliphatic heterocycles. The number of aryl methyl sites for hydroxylation is 1. The van der Waals surface area contributed by atoms with Crippen molar-refractivity contribution in [3.05, 3.63) is 71.3 Å². The number of hydrogen-bond donors (Lipinski definition) is 1. The van der Waals surface area contributed by atoms with Gasteiger partial charge in [-0.25, -0.2) is 18.7 Å². The van der Waals surface area contributed by atoms with E-state index in [1.54, 1.807) is 11.8 Å². The van der Waals surface area contributed by atoms with Crippen LogP contribution in [0.15, 0.2) is 48.8 Å². The fourth-order valence-corrected chi connectivity index (χ4v) is 4.14. The SMILES string of the molecule is COc1cc(Nc2nc3n(n2)CCCC[C@@H]3c2ccc(F)cc2)ccc1-n1cnc(Cl)n1. The van der Waals surface area contributed by atoms with E-state index in [4.69, 9.17) is 21.3 Å². The Morgan fingerprint density at radius 3 is 2.72 bits per heavy atom. The molecule has 32 heavy (non-hydrogen) atoms. The van der Waals surface area contributed by atoms with Gasteiger partial charge in [-0.15, -0.1) is 10.2 Å². The molecule has 5 rings (SSSR count). The molecule has 0 saturated heterocycles. The fourth-order valence-electron chi connectivity index (χ4n) is 4.01. The van der Waals surface area contributed by atoms with Crippen LogP contribution in [0.25, 0.3) is 5.69 Å². The van der Waals surface area contributed by atoms with Gasteiger partial charge in [-0.1, -0.05) is 18.6 Å². The summed E-state index contributed by atoms with van der Waals surface area (Å²) in [6.45, 7) is 0.803. The van der Waals surface area contributed by atoms with Gasteiger partial charge in [0.25, 0.3) is 0 Å². The largest absolute Gasteiger partial charge is 0.494 e. The first-order valence-electron chi connectivity index (χ1n) is 10.3. The molecule has 0 saturated carbocycles. The van der Waals surface area contributed by atoms with Gasteiger partial charge in [0.05, 0.1) is 7.11 Å². The van der Waals surface area contributed by atoms with Gasteiger partial charge >= 0.3 is 0 Å². The number of rotatable bonds is 5. The lowest BCUT2D eigenvalue weighted by molar-refractivity contribution is 0.412. The number of anilines is 2. The summed E-state index contributed by atoms with van der Waals surface area (Å²) in [5.41, 5.74) is 2.53. The van der Waals surface area contributed by atoms with Gasteiger partial charge in [0.15, 0.2) is 0 Å². The average molecular weight is 454 g/mol. The predicted octanol–water partition coefficient (Wildman–Crippen LogP) is 4.72. The highest BCUT2D eigenvalue weighted by Crippen LogP contribution is 2.33. The molecule has 1 aliphatic rings. The van der Waals surface area contributed by atoms with E-state index in [1.165, 1.54) is 18.5 Å². The molecule has 0 amide bonds. The molecule has 2 aromatic carbocycles. The Morgan fingerprint density at radius 2 is 1.97 bits per heavy atom. The topological polar surface area (TPSA) is 82.7 Å². The third-order valence-corrected chi connectivity index (χ3v) is 5.72. The average Bonchev–Trinajstić information content (AvgIpc) is 3.35. The molecule has 0 spiro atoms. The first-order valence-corrected chi connectivity index (χ1v) is 10.7. The Kier molecular flexibility index (Phi) is 5.48. The molecule has 0 fully saturated rings. The number of fused-ring (bicyclic) bond motifs is 1. The van der Waals surface area contributed by atoms with Crippen LogP contribution in [0, 0.1) is 5.82 Å². The van der Waals surface area contributed by atoms with Gasteiger partial charge in [0.1, 0.15) is 29.4 Å². The van der Waals surface area contributed by atoms with E-state index < -0.39 is 0 Å². The summed E-state index contributed by atoms with van der Waals surface area (Å²) in [7, 11) is 1.59. The third kappa shape index (κ3) is 4.03. The molecule has 1 N–H and O–H groups in total. The van der Waals surface area contributed by atoms with Gasteiger partial charge in [-0.2, -0.15) is 4.98 Å². The molecule has 8 nitrogen and oxygen atoms in total. The highest BCUT2D eigenvalue weighted by molar-refractivity contribution is 6.28. The number of halogens is 2. The second-order valence-electron chi connectivity index (χ2n) is 7.59. The van der Waals surface area contributed by atoms with Crippen LogP contribution >= 0.6 is 11.6 Å². The Bertz CT molecular complexity index is 1240. The summed E-state index contributed by atoms with van der Waals surface area (Å²) < 4.78 is 22.4. The van der Waals surface area contributed by atoms with Gasteiger partial charge in [-0.3, -0.25) is 0 Å². The van der Waals surface area contributed by atoms with Crippen molar-refractivity contribution in [3.8, 4) is 11.4 Å². The minimum atomic E-state index is -0.239. The number of methoxy groups -OCH3 is 1. The quantitative estimate of drug-likeness (QED) is 0.471. The summed E-state index contributed by atoms with van der Waals surface area (Å²) >= 11 is 5.84. The molecule has 3 heterocycles. The van der Waals surface area contributed by atoms with Crippen molar-refractivity contribution in [3.63, 3.8) is 0 Å². The van der Waals surface area contributed by atoms with Gasteiger partial charge < -0.3 is 10.1 Å². The monoisotopic (exact) mass is 453 g/mol. The number of nitrogens with zero attached hydrogens (tertiary/aromatic N) is 6. The lowest BCUT2D eigenvalue weighted by Crippen LogP contribution is -2.08. The molecule has 0 aliphatic carbocycles. The van der Waals surface area contributed by atoms with Crippen LogP contribution in [0.2, 0.25) is 5.28 Å². The minimum absolute atomic E-state index is 0.0788. The zero-order chi connectivity index (χ0) is 22.1. The first kappa shape index (κ1) is 20.4. The Morgan fingerprint density at radius 1 is 1.12 bits per heavy atom. The van der Waals surface area contributed by atoms with E-state index in [2.05, 4.69) is 20.5 Å². The first-order chi connectivity index (χ1) is 15.6. The maximum absolute atomic E-state index is 13.4. The Balaban J connectivity index is 1.43. The van der Waals surface area contributed by atoms with Crippen LogP contribution in [0.1, 0.15) is 36.6 Å². The number of hydrogen-bond acceptors (Lipinski definition) is 6. The molecule has 4 aromatic rings. The zero-order valence-electron chi connectivity index (χ0n) is 17.4. The van der Waals surface area contributed by atoms with Crippen LogP contribution in [-0.2, 0) is 6.54 Å². The summed E-state index contributed by atoms with van der Waals surface area (Å²) in [5, 5.41) is 12.2. The molecular weight excluding hydrogens is 433 g/mol. The van der Waals surface area contributed by atoms with Crippen molar-refractivity contribution >= 4 is 23.2 Å². The molecule has 1 atom stereocenters. The third-order valence-electron chi connectivity index (χ3n) is 5.54. The van der Waals surface area contributed by atoms with Crippen LogP contribution < -0.4 is 10.1 Å². The number of benzene rings is 2. The smallest absolute Gasteiger partial charge is 0.246 e. The van der Waals surface area contributed by atoms with Crippen LogP contribution in [0.5, 0.6) is 5.75 Å². The summed E-state index contributed by atoms with van der Waals surface area (Å²) in [4.78, 5) is 8.73. The van der Waals surface area contributed by atoms with E-state index in [9.17, 15) is 4.39 Å². The lowest BCUT2D eigenvalue weighted by Gasteiger charge is -2.14. The van der Waals surface area contributed by atoms with E-state index in [0.29, 0.717) is 17.4 Å². The van der Waals surface area contributed by atoms with Crippen molar-refractivity contribution in [1.82, 2.24) is 29.5 Å². The van der Waals surface area contributed by atoms with Gasteiger partial charge in [-0.05, 0) is 54.3 Å². The lowest BCUT2D eigenvalue weighted by atomic mass is 9.93. The highest BCUT2D eigenvalue weighted by atomic mass is 35.5. The predicted molar refractivity (Wildman–Crippen MR) is 118 cm³/mol. The Labute approximate surface area is 189 Å². The van der Waals surface area contributed by atoms with Crippen molar-refractivity contribution < 1.29 is 9.13 Å². The summed E-state index contributed by atoms with van der Waals surface area (Å²) in [6.07, 6.45) is 4.57. The maximum Gasteiger partial charge on any atom is 0.246 e. The van der Waals surface area contributed by atoms with E-state index in [0.717, 1.165) is 42.9 Å². The minimum Gasteiger partial charge on any atom is -0.494 e. The molecule has 10 heteroatoms. The molecule has 0 unspecified atom stereocenters. The highest BCUT2D eigenvalue weighted by Gasteiger charge is 2.24. The number of aromatic nitrogens is 6. The standard InChI is InChI=1S/C22H21ClFN7O/c1-32-19-12-16(9-10-18(19)31-13-25-21(23)28-31)26-22-27-20-17(4-2-3-11-30(20)29-22)14-5-7-15(24)8-6-14/h5-10,12-13,17H,2-4,11H2,1H3,(H,26,29)/t17-/m1/s1. The normalized spacial score (nSPS) is 15.8. The molecule has 0 bridgehead atoms. The van der Waals surface area contributed by atoms with Crippen LogP contribution in [-0.4, -0.2) is 36.6 Å². The summed E-state index contributed by atoms with van der Waals surface area (Å²) in [6, 6.07) is 12.2. The number of nitrogens with one attached hydrogen (secondary N) is 1. The van der Waals surface area contributed by atoms with Crippen molar-refractivity contribution in [2.45, 2.75) is 31.7 Å². The van der Waals surface area contributed by atoms with E-state index >= 15 is 0 Å². The second-order valence-corrected chi connectivity index (χ2v) is 7.92. The summed E-state index contributed by atoms with van der Waals surface area (Å²) in [5.74, 6) is 1.83. The molecule has 164 valence electrons. The van der Waals surface area contributed by atoms with E-state index in [1.807, 2.05) is 35.0 Å². The van der Waals surface area contributed by atoms with Crippen molar-refractivity contribution in [2.24, 2.45) is 0 Å².